The predicted molar refractivity (Wildman–Crippen MR) is 65.3 cm³/mol. The summed E-state index contributed by atoms with van der Waals surface area (Å²) in [5.41, 5.74) is 4.56. The average Bonchev–Trinajstić information content (AvgIpc) is 2.16. The molecule has 0 aromatic carbocycles. The van der Waals surface area contributed by atoms with Gasteiger partial charge in [0.05, 0.1) is 18.6 Å². The normalized spacial score (nSPS) is 13.2. The van der Waals surface area contributed by atoms with Crippen LogP contribution in [0.15, 0.2) is 0 Å². The molecule has 0 rings (SSSR count). The summed E-state index contributed by atoms with van der Waals surface area (Å²) in [5, 5.41) is 5.65. The number of ether oxygens (including phenoxy) is 1. The summed E-state index contributed by atoms with van der Waals surface area (Å²) < 4.78 is 4.90. The zero-order chi connectivity index (χ0) is 13.5. The van der Waals surface area contributed by atoms with Crippen molar-refractivity contribution < 1.29 is 14.3 Å². The summed E-state index contributed by atoms with van der Waals surface area (Å²) in [6, 6.07) is -0.0292. The van der Waals surface area contributed by atoms with Crippen molar-refractivity contribution in [2.24, 2.45) is 11.1 Å². The molecule has 0 heterocycles. The van der Waals surface area contributed by atoms with Crippen LogP contribution < -0.4 is 16.4 Å². The minimum absolute atomic E-state index is 0.0292. The quantitative estimate of drug-likeness (QED) is 0.524. The second kappa shape index (κ2) is 7.24. The number of carbonyl (C=O) groups excluding carboxylic acids is 2. The molecule has 0 spiro atoms. The van der Waals surface area contributed by atoms with Crippen molar-refractivity contribution in [2.45, 2.75) is 26.8 Å². The van der Waals surface area contributed by atoms with E-state index in [2.05, 4.69) is 10.6 Å². The standard InChI is InChI=1S/C11H23N3O3/c1-8(6-17-4)14-9(15)5-13-7-11(2,3)10(12)16/h8,13H,5-7H2,1-4H3,(H2,12,16)(H,14,15). The molecule has 6 heteroatoms. The first-order chi connectivity index (χ1) is 7.79. The third-order valence-electron chi connectivity index (χ3n) is 2.34. The Kier molecular flexibility index (Phi) is 6.75. The van der Waals surface area contributed by atoms with Gasteiger partial charge in [0.15, 0.2) is 0 Å². The molecular formula is C11H23N3O3. The molecule has 2 amide bonds. The zero-order valence-corrected chi connectivity index (χ0v) is 11.0. The van der Waals surface area contributed by atoms with E-state index in [9.17, 15) is 9.59 Å². The molecule has 0 aliphatic rings. The first-order valence-corrected chi connectivity index (χ1v) is 5.58. The van der Waals surface area contributed by atoms with Crippen LogP contribution in [0.25, 0.3) is 0 Å². The lowest BCUT2D eigenvalue weighted by Crippen LogP contribution is -2.45. The van der Waals surface area contributed by atoms with Crippen LogP contribution >= 0.6 is 0 Å². The van der Waals surface area contributed by atoms with Crippen molar-refractivity contribution in [2.75, 3.05) is 26.8 Å². The zero-order valence-electron chi connectivity index (χ0n) is 11.0. The summed E-state index contributed by atoms with van der Waals surface area (Å²) >= 11 is 0. The number of methoxy groups -OCH3 is 1. The van der Waals surface area contributed by atoms with E-state index in [1.807, 2.05) is 6.92 Å². The van der Waals surface area contributed by atoms with Gasteiger partial charge in [-0.05, 0) is 20.8 Å². The van der Waals surface area contributed by atoms with Crippen molar-refractivity contribution in [3.63, 3.8) is 0 Å². The van der Waals surface area contributed by atoms with Crippen molar-refractivity contribution in [3.05, 3.63) is 0 Å². The van der Waals surface area contributed by atoms with E-state index >= 15 is 0 Å². The third-order valence-corrected chi connectivity index (χ3v) is 2.34. The van der Waals surface area contributed by atoms with E-state index < -0.39 is 11.3 Å². The van der Waals surface area contributed by atoms with E-state index in [0.717, 1.165) is 0 Å². The highest BCUT2D eigenvalue weighted by molar-refractivity contribution is 5.80. The monoisotopic (exact) mass is 245 g/mol. The highest BCUT2D eigenvalue weighted by atomic mass is 16.5. The summed E-state index contributed by atoms with van der Waals surface area (Å²) in [6.07, 6.45) is 0. The number of nitrogens with one attached hydrogen (secondary N) is 2. The Labute approximate surface area is 102 Å². The number of amides is 2. The largest absolute Gasteiger partial charge is 0.383 e. The van der Waals surface area contributed by atoms with Gasteiger partial charge in [0, 0.05) is 19.7 Å². The number of carbonyl (C=O) groups is 2. The predicted octanol–water partition coefficient (Wildman–Crippen LogP) is -0.761. The van der Waals surface area contributed by atoms with Crippen LogP contribution in [0.4, 0.5) is 0 Å². The van der Waals surface area contributed by atoms with Crippen LogP contribution in [0.1, 0.15) is 20.8 Å². The number of hydrogen-bond donors (Lipinski definition) is 3. The molecule has 6 nitrogen and oxygen atoms in total. The maximum Gasteiger partial charge on any atom is 0.234 e. The molecule has 100 valence electrons. The Hall–Kier alpha value is -1.14. The highest BCUT2D eigenvalue weighted by Crippen LogP contribution is 2.11. The fraction of sp³-hybridized carbons (Fsp3) is 0.818. The first-order valence-electron chi connectivity index (χ1n) is 5.58. The Balaban J connectivity index is 3.82. The summed E-state index contributed by atoms with van der Waals surface area (Å²) in [6.45, 7) is 6.31. The van der Waals surface area contributed by atoms with Crippen molar-refractivity contribution in [3.8, 4) is 0 Å². The van der Waals surface area contributed by atoms with Gasteiger partial charge in [-0.1, -0.05) is 0 Å². The maximum atomic E-state index is 11.4. The van der Waals surface area contributed by atoms with Crippen LogP contribution in [0, 0.1) is 5.41 Å². The van der Waals surface area contributed by atoms with E-state index in [0.29, 0.717) is 13.2 Å². The number of hydrogen-bond acceptors (Lipinski definition) is 4. The van der Waals surface area contributed by atoms with Gasteiger partial charge in [-0.3, -0.25) is 9.59 Å². The number of nitrogens with two attached hydrogens (primary N) is 1. The van der Waals surface area contributed by atoms with Gasteiger partial charge in [-0.25, -0.2) is 0 Å². The van der Waals surface area contributed by atoms with Gasteiger partial charge < -0.3 is 21.1 Å². The molecule has 17 heavy (non-hydrogen) atoms. The van der Waals surface area contributed by atoms with E-state index in [1.54, 1.807) is 21.0 Å². The molecule has 0 radical (unpaired) electrons. The van der Waals surface area contributed by atoms with Crippen molar-refractivity contribution in [1.29, 1.82) is 0 Å². The molecule has 0 saturated carbocycles. The van der Waals surface area contributed by atoms with Crippen LogP contribution in [0.5, 0.6) is 0 Å². The number of primary amides is 1. The fourth-order valence-corrected chi connectivity index (χ4v) is 1.19. The minimum atomic E-state index is -0.654. The molecule has 0 aliphatic heterocycles. The van der Waals surface area contributed by atoms with Gasteiger partial charge in [-0.15, -0.1) is 0 Å². The van der Waals surface area contributed by atoms with E-state index in [-0.39, 0.29) is 18.5 Å². The third kappa shape index (κ3) is 6.91. The van der Waals surface area contributed by atoms with Gasteiger partial charge in [0.1, 0.15) is 0 Å². The molecule has 4 N–H and O–H groups in total. The van der Waals surface area contributed by atoms with Crippen molar-refractivity contribution >= 4 is 11.8 Å². The SMILES string of the molecule is COCC(C)NC(=O)CNCC(C)(C)C(N)=O. The lowest BCUT2D eigenvalue weighted by atomic mass is 9.93. The van der Waals surface area contributed by atoms with Crippen LogP contribution in [-0.2, 0) is 14.3 Å². The molecular weight excluding hydrogens is 222 g/mol. The molecule has 0 saturated heterocycles. The van der Waals surface area contributed by atoms with E-state index in [1.165, 1.54) is 0 Å². The number of rotatable bonds is 8. The summed E-state index contributed by atoms with van der Waals surface area (Å²) in [5.74, 6) is -0.520. The second-order valence-electron chi connectivity index (χ2n) is 4.78. The molecule has 1 unspecified atom stereocenters. The smallest absolute Gasteiger partial charge is 0.234 e. The van der Waals surface area contributed by atoms with Gasteiger partial charge in [0.2, 0.25) is 11.8 Å². The summed E-state index contributed by atoms with van der Waals surface area (Å²) in [4.78, 5) is 22.5. The van der Waals surface area contributed by atoms with Gasteiger partial charge >= 0.3 is 0 Å². The molecule has 1 atom stereocenters. The van der Waals surface area contributed by atoms with Crippen LogP contribution in [0.2, 0.25) is 0 Å². The molecule has 0 aliphatic carbocycles. The molecule has 0 fully saturated rings. The van der Waals surface area contributed by atoms with Gasteiger partial charge in [0.25, 0.3) is 0 Å². The average molecular weight is 245 g/mol. The minimum Gasteiger partial charge on any atom is -0.383 e. The highest BCUT2D eigenvalue weighted by Gasteiger charge is 2.24. The van der Waals surface area contributed by atoms with Crippen LogP contribution in [-0.4, -0.2) is 44.7 Å². The Bertz CT molecular complexity index is 267. The fourth-order valence-electron chi connectivity index (χ4n) is 1.19. The van der Waals surface area contributed by atoms with Gasteiger partial charge in [-0.2, -0.15) is 0 Å². The topological polar surface area (TPSA) is 93.4 Å². The Morgan fingerprint density at radius 3 is 2.47 bits per heavy atom. The molecule has 0 bridgehead atoms. The first kappa shape index (κ1) is 15.9. The van der Waals surface area contributed by atoms with Crippen molar-refractivity contribution in [1.82, 2.24) is 10.6 Å². The van der Waals surface area contributed by atoms with E-state index in [4.69, 9.17) is 10.5 Å². The lowest BCUT2D eigenvalue weighted by Gasteiger charge is -2.21. The Morgan fingerprint density at radius 2 is 2.00 bits per heavy atom. The molecule has 0 aromatic heterocycles. The second-order valence-corrected chi connectivity index (χ2v) is 4.78. The lowest BCUT2D eigenvalue weighted by molar-refractivity contribution is -0.126. The maximum absolute atomic E-state index is 11.4. The van der Waals surface area contributed by atoms with Crippen LogP contribution in [0.3, 0.4) is 0 Å². The Morgan fingerprint density at radius 1 is 1.41 bits per heavy atom. The molecule has 0 aromatic rings. The summed E-state index contributed by atoms with van der Waals surface area (Å²) in [7, 11) is 1.58.